The van der Waals surface area contributed by atoms with Gasteiger partial charge in [-0.1, -0.05) is 12.1 Å². The number of carbonyl (C=O) groups excluding carboxylic acids is 1. The van der Waals surface area contributed by atoms with Crippen LogP contribution in [0.25, 0.3) is 55.7 Å². The number of pyridine rings is 2. The minimum Gasteiger partial charge on any atom is -0.375 e. The number of aromatic nitrogens is 8. The summed E-state index contributed by atoms with van der Waals surface area (Å²) < 4.78 is 17.8. The molecule has 0 saturated carbocycles. The first-order valence-electron chi connectivity index (χ1n) is 14.6. The lowest BCUT2D eigenvalue weighted by atomic mass is 10.1. The second-order valence-corrected chi connectivity index (χ2v) is 11.1. The van der Waals surface area contributed by atoms with E-state index in [1.54, 1.807) is 60.8 Å². The number of urea groups is 1. The number of nitrogens with one attached hydrogen (secondary N) is 2. The third-order valence-corrected chi connectivity index (χ3v) is 7.67. The minimum atomic E-state index is -0.782. The van der Waals surface area contributed by atoms with Crippen LogP contribution in [0.4, 0.5) is 9.18 Å². The highest BCUT2D eigenvalue weighted by Crippen LogP contribution is 2.29. The molecule has 49 heavy (non-hydrogen) atoms. The Labute approximate surface area is 283 Å². The number of primary amides is 1. The van der Waals surface area contributed by atoms with Gasteiger partial charge >= 0.3 is 6.03 Å². The van der Waals surface area contributed by atoms with Crippen molar-refractivity contribution in [1.29, 1.82) is 0 Å². The molecule has 17 heteroatoms. The number of hydrogen-bond acceptors (Lipinski definition) is 9. The Morgan fingerprint density at radius 1 is 1.00 bits per heavy atom. The van der Waals surface area contributed by atoms with Crippen molar-refractivity contribution in [3.8, 4) is 23.0 Å². The zero-order chi connectivity index (χ0) is 34.7. The summed E-state index contributed by atoms with van der Waals surface area (Å²) >= 11 is 4.95. The molecule has 0 aliphatic carbocycles. The molecule has 5 heterocycles. The Bertz CT molecular complexity index is 2410. The highest BCUT2D eigenvalue weighted by atomic mass is 32.1. The van der Waals surface area contributed by atoms with Gasteiger partial charge in [-0.05, 0) is 42.5 Å². The first kappa shape index (κ1) is 32.3. The van der Waals surface area contributed by atoms with Crippen molar-refractivity contribution < 1.29 is 9.18 Å². The summed E-state index contributed by atoms with van der Waals surface area (Å²) in [5.41, 5.74) is 17.3. The number of nitrogens with two attached hydrogens (primary N) is 2. The fraction of sp³-hybridized carbons (Fsp3) is 0.0938. The summed E-state index contributed by atoms with van der Waals surface area (Å²) in [5.74, 6) is 0.915. The number of hydrazone groups is 2. The summed E-state index contributed by atoms with van der Waals surface area (Å²) in [6.45, 7) is 0. The number of nitrogens with zero attached hydrogens (tertiary/aromatic N) is 10. The molecule has 0 saturated heterocycles. The van der Waals surface area contributed by atoms with E-state index in [1.807, 2.05) is 43.1 Å². The van der Waals surface area contributed by atoms with Gasteiger partial charge in [-0.15, -0.1) is 0 Å². The van der Waals surface area contributed by atoms with E-state index in [4.69, 9.17) is 28.7 Å². The standard InChI is InChI=1S/C17H16N8S.C15H13FN6O/c1-24-6-5-19-16(24)13-7-11(9-21-25(2)17(18)26)14-12(22-13)4-3-10-8-20-23-15(10)14;1-22-6-5-18-14(22)12-7-9(8-19-21-15(17)23)10-3-2-4-11(16)13(10)20-12/h3-9H,1-2H3,(H2,18,26)(H,20,23);2-8H,1H3,(H3,17,21,23)/b21-9+;19-8+. The molecule has 15 nitrogen and oxygen atoms in total. The average molecular weight is 677 g/mol. The van der Waals surface area contributed by atoms with Gasteiger partial charge in [-0.3, -0.25) is 5.10 Å². The van der Waals surface area contributed by atoms with Gasteiger partial charge in [-0.25, -0.2) is 39.6 Å². The molecule has 246 valence electrons. The van der Waals surface area contributed by atoms with E-state index >= 15 is 0 Å². The Kier molecular flexibility index (Phi) is 8.99. The Balaban J connectivity index is 0.000000171. The van der Waals surface area contributed by atoms with E-state index < -0.39 is 11.8 Å². The van der Waals surface area contributed by atoms with Gasteiger partial charge in [-0.2, -0.15) is 15.3 Å². The van der Waals surface area contributed by atoms with Crippen LogP contribution in [-0.4, -0.2) is 74.9 Å². The zero-order valence-corrected chi connectivity index (χ0v) is 27.2. The van der Waals surface area contributed by atoms with E-state index in [0.29, 0.717) is 22.5 Å². The smallest absolute Gasteiger partial charge is 0.332 e. The molecule has 2 amide bonds. The molecule has 0 spiro atoms. The van der Waals surface area contributed by atoms with Crippen molar-refractivity contribution in [2.24, 2.45) is 35.8 Å². The van der Waals surface area contributed by atoms with Crippen LogP contribution >= 0.6 is 12.2 Å². The van der Waals surface area contributed by atoms with Crippen molar-refractivity contribution in [2.45, 2.75) is 0 Å². The monoisotopic (exact) mass is 676 g/mol. The molecule has 6 N–H and O–H groups in total. The third-order valence-electron chi connectivity index (χ3n) is 7.41. The molecular weight excluding hydrogens is 648 g/mol. The van der Waals surface area contributed by atoms with E-state index in [0.717, 1.165) is 38.9 Å². The van der Waals surface area contributed by atoms with Gasteiger partial charge in [0.15, 0.2) is 16.8 Å². The molecule has 0 fully saturated rings. The van der Waals surface area contributed by atoms with Gasteiger partial charge in [0.25, 0.3) is 0 Å². The molecule has 0 unspecified atom stereocenters. The predicted molar refractivity (Wildman–Crippen MR) is 190 cm³/mol. The highest BCUT2D eigenvalue weighted by molar-refractivity contribution is 7.80. The van der Waals surface area contributed by atoms with Crippen LogP contribution in [0.1, 0.15) is 11.1 Å². The number of H-pyrrole nitrogens is 1. The van der Waals surface area contributed by atoms with Crippen LogP contribution in [-0.2, 0) is 14.1 Å². The summed E-state index contributed by atoms with van der Waals surface area (Å²) in [5, 5.41) is 19.4. The third kappa shape index (κ3) is 6.77. The second-order valence-electron chi connectivity index (χ2n) is 10.7. The first-order chi connectivity index (χ1) is 23.6. The van der Waals surface area contributed by atoms with Crippen molar-refractivity contribution in [1.82, 2.24) is 49.7 Å². The molecule has 0 atom stereocenters. The molecule has 5 aromatic heterocycles. The molecule has 0 aliphatic heterocycles. The van der Waals surface area contributed by atoms with E-state index in [-0.39, 0.29) is 10.6 Å². The number of rotatable bonds is 6. The van der Waals surface area contributed by atoms with E-state index in [9.17, 15) is 9.18 Å². The van der Waals surface area contributed by atoms with Crippen LogP contribution in [0.2, 0.25) is 0 Å². The fourth-order valence-corrected chi connectivity index (χ4v) is 5.09. The normalized spacial score (nSPS) is 11.4. The summed E-state index contributed by atoms with van der Waals surface area (Å²) in [4.78, 5) is 28.5. The second kappa shape index (κ2) is 13.6. The van der Waals surface area contributed by atoms with Crippen LogP contribution in [0.5, 0.6) is 0 Å². The summed E-state index contributed by atoms with van der Waals surface area (Å²) in [6, 6.07) is 11.5. The molecule has 2 aromatic carbocycles. The van der Waals surface area contributed by atoms with Crippen molar-refractivity contribution in [3.05, 3.63) is 90.4 Å². The number of thiocarbonyl (C=S) groups is 1. The largest absolute Gasteiger partial charge is 0.375 e. The van der Waals surface area contributed by atoms with Gasteiger partial charge < -0.3 is 20.6 Å². The molecule has 0 aliphatic rings. The maximum Gasteiger partial charge on any atom is 0.332 e. The van der Waals surface area contributed by atoms with Crippen molar-refractivity contribution in [3.63, 3.8) is 0 Å². The predicted octanol–water partition coefficient (Wildman–Crippen LogP) is 3.80. The van der Waals surface area contributed by atoms with E-state index in [2.05, 4.69) is 40.8 Å². The number of carbonyl (C=O) groups is 1. The van der Waals surface area contributed by atoms with Gasteiger partial charge in [0.1, 0.15) is 22.7 Å². The Hall–Kier alpha value is -6.62. The average Bonchev–Trinajstić information content (AvgIpc) is 3.84. The molecule has 7 rings (SSSR count). The van der Waals surface area contributed by atoms with Gasteiger partial charge in [0.05, 0.1) is 29.7 Å². The zero-order valence-electron chi connectivity index (χ0n) is 26.4. The number of amides is 2. The maximum absolute atomic E-state index is 14.1. The number of para-hydroxylation sites is 1. The van der Waals surface area contributed by atoms with Gasteiger partial charge in [0.2, 0.25) is 0 Å². The summed E-state index contributed by atoms with van der Waals surface area (Å²) in [6.07, 6.45) is 11.9. The topological polar surface area (TPSA) is 199 Å². The minimum absolute atomic E-state index is 0.190. The van der Waals surface area contributed by atoms with Gasteiger partial charge in [0, 0.05) is 73.2 Å². The SMILES string of the molecule is CN(/N=C/c1cc(-c2nccn2C)nc2ccc3cn[nH]c3c12)C(N)=S.Cn1ccnc1-c1cc(/C=N/NC(N)=O)c2cccc(F)c2n1. The number of benzene rings is 2. The Morgan fingerprint density at radius 2 is 1.69 bits per heavy atom. The highest BCUT2D eigenvalue weighted by Gasteiger charge is 2.14. The lowest BCUT2D eigenvalue weighted by Gasteiger charge is -2.11. The van der Waals surface area contributed by atoms with Crippen LogP contribution in [0.3, 0.4) is 0 Å². The summed E-state index contributed by atoms with van der Waals surface area (Å²) in [7, 11) is 5.45. The number of aryl methyl sites for hydroxylation is 2. The molecule has 0 bridgehead atoms. The number of aromatic amines is 1. The Morgan fingerprint density at radius 3 is 2.35 bits per heavy atom. The fourth-order valence-electron chi connectivity index (χ4n) is 5.04. The first-order valence-corrected chi connectivity index (χ1v) is 15.0. The number of fused-ring (bicyclic) bond motifs is 4. The van der Waals surface area contributed by atoms with E-state index in [1.165, 1.54) is 17.3 Å². The molecular formula is C32H29FN14OS. The van der Waals surface area contributed by atoms with Crippen LogP contribution < -0.4 is 16.9 Å². The van der Waals surface area contributed by atoms with Crippen molar-refractivity contribution >= 4 is 68.5 Å². The maximum atomic E-state index is 14.1. The lowest BCUT2D eigenvalue weighted by molar-refractivity contribution is 0.249. The lowest BCUT2D eigenvalue weighted by Crippen LogP contribution is -2.27. The number of hydrogen-bond donors (Lipinski definition) is 4. The quantitative estimate of drug-likeness (QED) is 0.115. The van der Waals surface area contributed by atoms with Crippen molar-refractivity contribution in [2.75, 3.05) is 7.05 Å². The molecule has 0 radical (unpaired) electrons. The number of halogens is 1. The number of imidazole rings is 2. The van der Waals surface area contributed by atoms with Crippen LogP contribution in [0, 0.1) is 5.82 Å². The van der Waals surface area contributed by atoms with Crippen LogP contribution in [0.15, 0.2) is 83.7 Å². The molecule has 7 aromatic rings.